The van der Waals surface area contributed by atoms with E-state index in [2.05, 4.69) is 0 Å². The van der Waals surface area contributed by atoms with E-state index >= 15 is 0 Å². The number of amides is 1. The van der Waals surface area contributed by atoms with Crippen LogP contribution in [-0.2, 0) is 11.2 Å². The highest BCUT2D eigenvalue weighted by molar-refractivity contribution is 6.00. The van der Waals surface area contributed by atoms with E-state index in [4.69, 9.17) is 5.11 Å². The smallest absolute Gasteiger partial charge is 0.393 e. The molecular formula is C11H9F3N2O5. The van der Waals surface area contributed by atoms with Gasteiger partial charge in [-0.1, -0.05) is 0 Å². The molecule has 2 N–H and O–H groups in total. The molecule has 0 aliphatic heterocycles. The fraction of sp³-hybridized carbons (Fsp3) is 0.273. The lowest BCUT2D eigenvalue weighted by Gasteiger charge is -2.12. The first-order valence-corrected chi connectivity index (χ1v) is 5.40. The Morgan fingerprint density at radius 3 is 2.33 bits per heavy atom. The van der Waals surface area contributed by atoms with Gasteiger partial charge in [0.1, 0.15) is 0 Å². The molecule has 0 saturated carbocycles. The monoisotopic (exact) mass is 306 g/mol. The number of rotatable bonds is 4. The van der Waals surface area contributed by atoms with Crippen LogP contribution in [0.2, 0.25) is 0 Å². The van der Waals surface area contributed by atoms with Gasteiger partial charge in [0.25, 0.3) is 5.69 Å². The van der Waals surface area contributed by atoms with Gasteiger partial charge in [-0.25, -0.2) is 4.79 Å². The van der Waals surface area contributed by atoms with Crippen molar-refractivity contribution in [3.05, 3.63) is 33.4 Å². The number of alkyl halides is 3. The zero-order valence-corrected chi connectivity index (χ0v) is 10.5. The topological polar surface area (TPSA) is 110 Å². The molecule has 0 bridgehead atoms. The number of nitro groups is 1. The molecule has 0 radical (unpaired) electrons. The summed E-state index contributed by atoms with van der Waals surface area (Å²) < 4.78 is 37.2. The normalized spacial score (nSPS) is 11.0. The second-order valence-electron chi connectivity index (χ2n) is 4.06. The van der Waals surface area contributed by atoms with E-state index in [1.54, 1.807) is 0 Å². The van der Waals surface area contributed by atoms with Crippen molar-refractivity contribution in [3.63, 3.8) is 0 Å². The number of carboxylic acid groups (broad SMARTS) is 1. The van der Waals surface area contributed by atoms with E-state index in [1.807, 2.05) is 5.32 Å². The molecule has 114 valence electrons. The maximum atomic E-state index is 12.4. The van der Waals surface area contributed by atoms with Gasteiger partial charge in [0, 0.05) is 18.6 Å². The maximum Gasteiger partial charge on any atom is 0.393 e. The zero-order chi connectivity index (χ0) is 16.4. The summed E-state index contributed by atoms with van der Waals surface area (Å²) in [5, 5.41) is 21.7. The van der Waals surface area contributed by atoms with Crippen molar-refractivity contribution < 1.29 is 32.8 Å². The molecular weight excluding hydrogens is 297 g/mol. The molecule has 0 aromatic heterocycles. The van der Waals surface area contributed by atoms with Crippen molar-refractivity contribution >= 4 is 23.3 Å². The fourth-order valence-corrected chi connectivity index (χ4v) is 1.63. The number of carbonyl (C=O) groups excluding carboxylic acids is 1. The molecule has 0 saturated heterocycles. The number of nitrogens with zero attached hydrogens (tertiary/aromatic N) is 1. The molecule has 0 unspecified atom stereocenters. The van der Waals surface area contributed by atoms with Crippen LogP contribution in [0.15, 0.2) is 12.1 Å². The Hall–Kier alpha value is -2.65. The molecule has 10 heteroatoms. The van der Waals surface area contributed by atoms with Crippen LogP contribution in [0.4, 0.5) is 24.5 Å². The quantitative estimate of drug-likeness (QED) is 0.655. The molecule has 0 aliphatic carbocycles. The van der Waals surface area contributed by atoms with Gasteiger partial charge >= 0.3 is 12.1 Å². The third-order valence-electron chi connectivity index (χ3n) is 2.35. The van der Waals surface area contributed by atoms with E-state index in [1.165, 1.54) is 0 Å². The first-order chi connectivity index (χ1) is 9.51. The van der Waals surface area contributed by atoms with E-state index < -0.39 is 51.9 Å². The second kappa shape index (κ2) is 5.77. The van der Waals surface area contributed by atoms with Crippen LogP contribution < -0.4 is 5.32 Å². The number of anilines is 1. The minimum absolute atomic E-state index is 0.431. The lowest BCUT2D eigenvalue weighted by molar-refractivity contribution is -0.386. The number of hydrogen-bond donors (Lipinski definition) is 2. The predicted molar refractivity (Wildman–Crippen MR) is 64.1 cm³/mol. The highest BCUT2D eigenvalue weighted by atomic mass is 19.4. The van der Waals surface area contributed by atoms with Gasteiger partial charge < -0.3 is 10.4 Å². The Labute approximate surface area is 115 Å². The van der Waals surface area contributed by atoms with Crippen LogP contribution in [0.5, 0.6) is 0 Å². The number of nitrogens with one attached hydrogen (secondary N) is 1. The molecule has 7 nitrogen and oxygen atoms in total. The van der Waals surface area contributed by atoms with Crippen molar-refractivity contribution in [1.82, 2.24) is 0 Å². The number of carboxylic acids is 1. The molecule has 0 atom stereocenters. The van der Waals surface area contributed by atoms with Gasteiger partial charge in [0.05, 0.1) is 22.6 Å². The number of aromatic carboxylic acids is 1. The minimum Gasteiger partial charge on any atom is -0.478 e. The third-order valence-corrected chi connectivity index (χ3v) is 2.35. The second-order valence-corrected chi connectivity index (χ2v) is 4.06. The molecule has 0 spiro atoms. The first-order valence-electron chi connectivity index (χ1n) is 5.40. The Bertz CT molecular complexity index is 613. The van der Waals surface area contributed by atoms with Crippen molar-refractivity contribution in [3.8, 4) is 0 Å². The summed E-state index contributed by atoms with van der Waals surface area (Å²) in [5.41, 5.74) is -2.80. The average Bonchev–Trinajstić information content (AvgIpc) is 2.24. The van der Waals surface area contributed by atoms with E-state index in [0.717, 1.165) is 6.92 Å². The Morgan fingerprint density at radius 2 is 1.95 bits per heavy atom. The third kappa shape index (κ3) is 4.44. The van der Waals surface area contributed by atoms with Gasteiger partial charge in [0.15, 0.2) is 0 Å². The van der Waals surface area contributed by atoms with Crippen molar-refractivity contribution in [2.45, 2.75) is 19.5 Å². The first kappa shape index (κ1) is 16.4. The highest BCUT2D eigenvalue weighted by Crippen LogP contribution is 2.32. The molecule has 1 rings (SSSR count). The van der Waals surface area contributed by atoms with Crippen LogP contribution in [-0.4, -0.2) is 28.1 Å². The molecule has 0 fully saturated rings. The Balaban J connectivity index is 3.50. The Morgan fingerprint density at radius 1 is 1.38 bits per heavy atom. The summed E-state index contributed by atoms with van der Waals surface area (Å²) in [7, 11) is 0. The van der Waals surface area contributed by atoms with Crippen molar-refractivity contribution in [2.75, 3.05) is 5.32 Å². The summed E-state index contributed by atoms with van der Waals surface area (Å²) in [5.74, 6) is -2.33. The lowest BCUT2D eigenvalue weighted by Crippen LogP contribution is -2.16. The van der Waals surface area contributed by atoms with Crippen LogP contribution in [0.1, 0.15) is 22.8 Å². The fourth-order valence-electron chi connectivity index (χ4n) is 1.63. The highest BCUT2D eigenvalue weighted by Gasteiger charge is 2.33. The summed E-state index contributed by atoms with van der Waals surface area (Å²) in [6, 6.07) is 1.14. The predicted octanol–water partition coefficient (Wildman–Crippen LogP) is 2.36. The van der Waals surface area contributed by atoms with E-state index in [-0.39, 0.29) is 0 Å². The Kier molecular flexibility index (Phi) is 4.51. The van der Waals surface area contributed by atoms with Crippen LogP contribution in [0, 0.1) is 10.1 Å². The number of hydrogen-bond acceptors (Lipinski definition) is 4. The summed E-state index contributed by atoms with van der Waals surface area (Å²) >= 11 is 0. The van der Waals surface area contributed by atoms with Crippen LogP contribution in [0.3, 0.4) is 0 Å². The van der Waals surface area contributed by atoms with E-state index in [9.17, 15) is 32.9 Å². The molecule has 21 heavy (non-hydrogen) atoms. The molecule has 0 aliphatic rings. The number of nitro benzene ring substituents is 1. The summed E-state index contributed by atoms with van der Waals surface area (Å²) in [6.07, 6.45) is -6.33. The molecule has 0 heterocycles. The lowest BCUT2D eigenvalue weighted by atomic mass is 10.0. The van der Waals surface area contributed by atoms with Gasteiger partial charge in [0.2, 0.25) is 5.91 Å². The molecule has 1 amide bonds. The number of halogens is 3. The standard InChI is InChI=1S/C11H9F3N2O5/c1-5(17)15-8-2-6(4-11(12,13)14)9(16(20)21)3-7(8)10(18)19/h2-3H,4H2,1H3,(H,15,17)(H,18,19). The molecule has 1 aromatic rings. The minimum atomic E-state index is -4.72. The van der Waals surface area contributed by atoms with Gasteiger partial charge in [-0.15, -0.1) is 0 Å². The summed E-state index contributed by atoms with van der Waals surface area (Å²) in [6.45, 7) is 1.02. The largest absolute Gasteiger partial charge is 0.478 e. The SMILES string of the molecule is CC(=O)Nc1cc(CC(F)(F)F)c([N+](=O)[O-])cc1C(=O)O. The maximum absolute atomic E-state index is 12.4. The van der Waals surface area contributed by atoms with Crippen molar-refractivity contribution in [2.24, 2.45) is 0 Å². The van der Waals surface area contributed by atoms with Gasteiger partial charge in [-0.05, 0) is 6.07 Å². The van der Waals surface area contributed by atoms with Crippen molar-refractivity contribution in [1.29, 1.82) is 0 Å². The van der Waals surface area contributed by atoms with Crippen LogP contribution in [0.25, 0.3) is 0 Å². The number of carbonyl (C=O) groups is 2. The zero-order valence-electron chi connectivity index (χ0n) is 10.5. The van der Waals surface area contributed by atoms with Crippen LogP contribution >= 0.6 is 0 Å². The van der Waals surface area contributed by atoms with E-state index in [0.29, 0.717) is 12.1 Å². The molecule has 1 aromatic carbocycles. The number of benzene rings is 1. The summed E-state index contributed by atoms with van der Waals surface area (Å²) in [4.78, 5) is 31.6. The van der Waals surface area contributed by atoms with Gasteiger partial charge in [-0.2, -0.15) is 13.2 Å². The average molecular weight is 306 g/mol. The van der Waals surface area contributed by atoms with Gasteiger partial charge in [-0.3, -0.25) is 14.9 Å².